The number of carbonyl (C=O) groups excluding carboxylic acids is 1. The normalized spacial score (nSPS) is 10.9. The summed E-state index contributed by atoms with van der Waals surface area (Å²) in [5.74, 6) is -2.57. The third kappa shape index (κ3) is 4.50. The second-order valence-corrected chi connectivity index (χ2v) is 5.43. The third-order valence-corrected chi connectivity index (χ3v) is 3.42. The molecule has 0 bridgehead atoms. The average Bonchev–Trinajstić information content (AvgIpc) is 2.79. The number of nitrogens with one attached hydrogen (secondary N) is 1. The largest absolute Gasteiger partial charge is 0.480 e. The summed E-state index contributed by atoms with van der Waals surface area (Å²) < 4.78 is 0. The van der Waals surface area contributed by atoms with Crippen LogP contribution in [0.5, 0.6) is 0 Å². The minimum atomic E-state index is -1.28. The van der Waals surface area contributed by atoms with Crippen molar-refractivity contribution in [3.05, 3.63) is 16.6 Å². The van der Waals surface area contributed by atoms with Crippen LogP contribution in [0.4, 0.5) is 4.79 Å². The maximum absolute atomic E-state index is 12.0. The van der Waals surface area contributed by atoms with Gasteiger partial charge in [0.15, 0.2) is 0 Å². The molecule has 8 nitrogen and oxygen atoms in total. The zero-order chi connectivity index (χ0) is 15.3. The molecule has 0 spiro atoms. The second kappa shape index (κ2) is 6.33. The van der Waals surface area contributed by atoms with Crippen molar-refractivity contribution in [3.8, 4) is 0 Å². The molecule has 20 heavy (non-hydrogen) atoms. The van der Waals surface area contributed by atoms with Gasteiger partial charge in [0.2, 0.25) is 0 Å². The first kappa shape index (κ1) is 15.9. The van der Waals surface area contributed by atoms with Gasteiger partial charge in [-0.2, -0.15) is 0 Å². The number of aliphatic carboxylic acids is 2. The number of rotatable bonds is 6. The fourth-order valence-corrected chi connectivity index (χ4v) is 2.18. The first-order chi connectivity index (χ1) is 9.22. The zero-order valence-corrected chi connectivity index (χ0v) is 11.8. The first-order valence-corrected chi connectivity index (χ1v) is 6.51. The number of carboxylic acid groups (broad SMARTS) is 2. The fraction of sp³-hybridized carbons (Fsp3) is 0.455. The lowest BCUT2D eigenvalue weighted by atomic mass is 10.1. The number of amides is 2. The van der Waals surface area contributed by atoms with Crippen molar-refractivity contribution in [2.75, 3.05) is 13.1 Å². The molecule has 0 aliphatic carbocycles. The predicted octanol–water partition coefficient (Wildman–Crippen LogP) is 0.559. The van der Waals surface area contributed by atoms with E-state index in [1.807, 2.05) is 0 Å². The summed E-state index contributed by atoms with van der Waals surface area (Å²) in [6, 6.07) is -0.769. The van der Waals surface area contributed by atoms with E-state index >= 15 is 0 Å². The average molecular weight is 301 g/mol. The van der Waals surface area contributed by atoms with Crippen molar-refractivity contribution in [3.63, 3.8) is 0 Å². The van der Waals surface area contributed by atoms with Gasteiger partial charge in [-0.3, -0.25) is 9.59 Å². The molecule has 0 unspecified atom stereocenters. The molecule has 0 saturated heterocycles. The monoisotopic (exact) mass is 301 g/mol. The standard InChI is InChI=1S/C11H15N3O5S/c1-11(2,9-12-3-4-20-9)13-10(19)14(5-7(15)16)6-8(17)18/h3-4H,5-6H2,1-2H3,(H,13,19)(H,15,16)(H,17,18). The Kier molecular flexibility index (Phi) is 5.03. The summed E-state index contributed by atoms with van der Waals surface area (Å²) in [5.41, 5.74) is -0.819. The van der Waals surface area contributed by atoms with Crippen molar-refractivity contribution in [2.24, 2.45) is 0 Å². The Bertz CT molecular complexity index is 484. The van der Waals surface area contributed by atoms with Gasteiger partial charge in [0.1, 0.15) is 18.1 Å². The number of aromatic nitrogens is 1. The molecular formula is C11H15N3O5S. The van der Waals surface area contributed by atoms with Crippen LogP contribution in [0, 0.1) is 0 Å². The number of hydrogen-bond acceptors (Lipinski definition) is 5. The van der Waals surface area contributed by atoms with Crippen LogP contribution >= 0.6 is 11.3 Å². The molecule has 0 atom stereocenters. The van der Waals surface area contributed by atoms with Crippen LogP contribution < -0.4 is 5.32 Å². The molecule has 0 saturated carbocycles. The van der Waals surface area contributed by atoms with Gasteiger partial charge in [-0.05, 0) is 13.8 Å². The Hall–Kier alpha value is -2.16. The van der Waals surface area contributed by atoms with E-state index in [-0.39, 0.29) is 0 Å². The van der Waals surface area contributed by atoms with Crippen molar-refractivity contribution < 1.29 is 24.6 Å². The molecule has 1 aromatic heterocycles. The number of thiazole rings is 1. The topological polar surface area (TPSA) is 120 Å². The third-order valence-electron chi connectivity index (χ3n) is 2.33. The maximum Gasteiger partial charge on any atom is 0.323 e. The molecule has 110 valence electrons. The highest BCUT2D eigenvalue weighted by atomic mass is 32.1. The molecule has 9 heteroatoms. The molecule has 0 aliphatic rings. The van der Waals surface area contributed by atoms with Crippen LogP contribution in [-0.4, -0.2) is 51.2 Å². The summed E-state index contributed by atoms with van der Waals surface area (Å²) >= 11 is 1.33. The van der Waals surface area contributed by atoms with Gasteiger partial charge in [0, 0.05) is 11.6 Å². The Labute approximate surface area is 119 Å². The van der Waals surface area contributed by atoms with Crippen LogP contribution in [0.15, 0.2) is 11.6 Å². The van der Waals surface area contributed by atoms with Crippen molar-refractivity contribution in [1.29, 1.82) is 0 Å². The van der Waals surface area contributed by atoms with Crippen LogP contribution in [0.1, 0.15) is 18.9 Å². The van der Waals surface area contributed by atoms with E-state index in [0.29, 0.717) is 9.91 Å². The molecule has 3 N–H and O–H groups in total. The van der Waals surface area contributed by atoms with Crippen molar-refractivity contribution in [2.45, 2.75) is 19.4 Å². The first-order valence-electron chi connectivity index (χ1n) is 5.63. The van der Waals surface area contributed by atoms with E-state index in [1.165, 1.54) is 11.3 Å². The van der Waals surface area contributed by atoms with Gasteiger partial charge >= 0.3 is 18.0 Å². The molecule has 0 aromatic carbocycles. The van der Waals surface area contributed by atoms with Gasteiger partial charge in [-0.1, -0.05) is 0 Å². The summed E-state index contributed by atoms with van der Waals surface area (Å²) in [6.07, 6.45) is 1.58. The molecular weight excluding hydrogens is 286 g/mol. The predicted molar refractivity (Wildman–Crippen MR) is 70.5 cm³/mol. The lowest BCUT2D eigenvalue weighted by Gasteiger charge is -2.28. The van der Waals surface area contributed by atoms with E-state index in [0.717, 1.165) is 0 Å². The quantitative estimate of drug-likeness (QED) is 0.706. The van der Waals surface area contributed by atoms with E-state index in [9.17, 15) is 14.4 Å². The highest BCUT2D eigenvalue weighted by molar-refractivity contribution is 7.09. The summed E-state index contributed by atoms with van der Waals surface area (Å²) in [4.78, 5) is 38.1. The lowest BCUT2D eigenvalue weighted by molar-refractivity contribution is -0.140. The summed E-state index contributed by atoms with van der Waals surface area (Å²) in [7, 11) is 0. The summed E-state index contributed by atoms with van der Waals surface area (Å²) in [6.45, 7) is 2.02. The zero-order valence-electron chi connectivity index (χ0n) is 11.0. The van der Waals surface area contributed by atoms with E-state index in [2.05, 4.69) is 10.3 Å². The SMILES string of the molecule is CC(C)(NC(=O)N(CC(=O)O)CC(=O)O)c1nccs1. The molecule has 1 heterocycles. The molecule has 0 radical (unpaired) electrons. The number of hydrogen-bond donors (Lipinski definition) is 3. The Morgan fingerprint density at radius 3 is 2.25 bits per heavy atom. The smallest absolute Gasteiger partial charge is 0.323 e. The van der Waals surface area contributed by atoms with Crippen molar-refractivity contribution in [1.82, 2.24) is 15.2 Å². The van der Waals surface area contributed by atoms with Crippen LogP contribution in [0.3, 0.4) is 0 Å². The van der Waals surface area contributed by atoms with Crippen molar-refractivity contribution >= 4 is 29.3 Å². The number of urea groups is 1. The molecule has 1 aromatic rings. The van der Waals surface area contributed by atoms with Crippen LogP contribution in [-0.2, 0) is 15.1 Å². The highest BCUT2D eigenvalue weighted by Gasteiger charge is 2.29. The van der Waals surface area contributed by atoms with E-state index in [4.69, 9.17) is 10.2 Å². The molecule has 2 amide bonds. The maximum atomic E-state index is 12.0. The van der Waals surface area contributed by atoms with Gasteiger partial charge in [0.05, 0.1) is 5.54 Å². The van der Waals surface area contributed by atoms with Crippen LogP contribution in [0.2, 0.25) is 0 Å². The molecule has 0 aliphatic heterocycles. The molecule has 0 fully saturated rings. The highest BCUT2D eigenvalue weighted by Crippen LogP contribution is 2.22. The van der Waals surface area contributed by atoms with Gasteiger partial charge < -0.3 is 20.4 Å². The Morgan fingerprint density at radius 2 is 1.85 bits per heavy atom. The van der Waals surface area contributed by atoms with Gasteiger partial charge in [-0.15, -0.1) is 11.3 Å². The van der Waals surface area contributed by atoms with Gasteiger partial charge in [-0.25, -0.2) is 9.78 Å². The van der Waals surface area contributed by atoms with E-state index in [1.54, 1.807) is 25.4 Å². The number of carboxylic acids is 2. The van der Waals surface area contributed by atoms with Crippen LogP contribution in [0.25, 0.3) is 0 Å². The lowest BCUT2D eigenvalue weighted by Crippen LogP contribution is -2.51. The Morgan fingerprint density at radius 1 is 1.30 bits per heavy atom. The van der Waals surface area contributed by atoms with Gasteiger partial charge in [0.25, 0.3) is 0 Å². The number of carbonyl (C=O) groups is 3. The second-order valence-electron chi connectivity index (χ2n) is 4.54. The molecule has 1 rings (SSSR count). The number of nitrogens with zero attached hydrogens (tertiary/aromatic N) is 2. The van der Waals surface area contributed by atoms with E-state index < -0.39 is 36.6 Å². The minimum absolute atomic E-state index is 0.636. The fourth-order valence-electron chi connectivity index (χ4n) is 1.46. The Balaban J connectivity index is 2.79. The minimum Gasteiger partial charge on any atom is -0.480 e. The summed E-state index contributed by atoms with van der Waals surface area (Å²) in [5, 5.41) is 22.4.